The summed E-state index contributed by atoms with van der Waals surface area (Å²) >= 11 is 0. The number of para-hydroxylation sites is 1. The number of hydrogen-bond acceptors (Lipinski definition) is 3. The molecule has 1 N–H and O–H groups in total. The van der Waals surface area contributed by atoms with Gasteiger partial charge in [0.1, 0.15) is 0 Å². The molecule has 0 atom stereocenters. The number of aliphatic hydroxyl groups is 1. The third-order valence-electron chi connectivity index (χ3n) is 2.91. The van der Waals surface area contributed by atoms with Crippen molar-refractivity contribution < 1.29 is 9.84 Å². The Bertz CT molecular complexity index is 506. The molecule has 0 amide bonds. The SMILES string of the molecule is CCc1nn(-c2ccccc2)c(OC)c1CCO. The molecule has 0 saturated heterocycles. The molecule has 0 aliphatic rings. The van der Waals surface area contributed by atoms with Gasteiger partial charge >= 0.3 is 0 Å². The summed E-state index contributed by atoms with van der Waals surface area (Å²) in [6, 6.07) is 9.87. The number of methoxy groups -OCH3 is 1. The quantitative estimate of drug-likeness (QED) is 0.877. The zero-order chi connectivity index (χ0) is 13.0. The topological polar surface area (TPSA) is 47.3 Å². The van der Waals surface area contributed by atoms with Gasteiger partial charge in [0.15, 0.2) is 0 Å². The molecule has 96 valence electrons. The van der Waals surface area contributed by atoms with Crippen molar-refractivity contribution in [3.63, 3.8) is 0 Å². The van der Waals surface area contributed by atoms with Crippen molar-refractivity contribution in [2.45, 2.75) is 19.8 Å². The molecule has 18 heavy (non-hydrogen) atoms. The van der Waals surface area contributed by atoms with E-state index in [4.69, 9.17) is 9.84 Å². The Morgan fingerprint density at radius 1 is 1.28 bits per heavy atom. The van der Waals surface area contributed by atoms with Crippen LogP contribution in [-0.2, 0) is 12.8 Å². The van der Waals surface area contributed by atoms with Gasteiger partial charge in [0.2, 0.25) is 5.88 Å². The largest absolute Gasteiger partial charge is 0.481 e. The monoisotopic (exact) mass is 246 g/mol. The molecular weight excluding hydrogens is 228 g/mol. The lowest BCUT2D eigenvalue weighted by Gasteiger charge is -2.07. The number of benzene rings is 1. The predicted octanol–water partition coefficient (Wildman–Crippen LogP) is 1.98. The smallest absolute Gasteiger partial charge is 0.220 e. The van der Waals surface area contributed by atoms with Crippen LogP contribution in [0.3, 0.4) is 0 Å². The van der Waals surface area contributed by atoms with E-state index in [2.05, 4.69) is 12.0 Å². The number of aliphatic hydroxyl groups excluding tert-OH is 1. The summed E-state index contributed by atoms with van der Waals surface area (Å²) in [7, 11) is 1.64. The Morgan fingerprint density at radius 3 is 2.56 bits per heavy atom. The van der Waals surface area contributed by atoms with E-state index in [0.29, 0.717) is 12.3 Å². The molecule has 2 aromatic rings. The number of rotatable bonds is 5. The summed E-state index contributed by atoms with van der Waals surface area (Å²) in [6.07, 6.45) is 1.39. The normalized spacial score (nSPS) is 10.6. The fraction of sp³-hybridized carbons (Fsp3) is 0.357. The lowest BCUT2D eigenvalue weighted by atomic mass is 10.1. The van der Waals surface area contributed by atoms with Crippen molar-refractivity contribution >= 4 is 0 Å². The highest BCUT2D eigenvalue weighted by molar-refractivity contribution is 5.41. The molecule has 4 nitrogen and oxygen atoms in total. The highest BCUT2D eigenvalue weighted by atomic mass is 16.5. The van der Waals surface area contributed by atoms with Gasteiger partial charge in [-0.15, -0.1) is 0 Å². The fourth-order valence-electron chi connectivity index (χ4n) is 2.08. The van der Waals surface area contributed by atoms with Crippen LogP contribution in [0.5, 0.6) is 5.88 Å². The van der Waals surface area contributed by atoms with Crippen LogP contribution >= 0.6 is 0 Å². The Kier molecular flexibility index (Phi) is 3.99. The third kappa shape index (κ3) is 2.24. The van der Waals surface area contributed by atoms with Gasteiger partial charge in [-0.3, -0.25) is 0 Å². The van der Waals surface area contributed by atoms with Gasteiger partial charge in [0.05, 0.1) is 18.5 Å². The van der Waals surface area contributed by atoms with Crippen molar-refractivity contribution in [1.82, 2.24) is 9.78 Å². The Morgan fingerprint density at radius 2 is 2.00 bits per heavy atom. The van der Waals surface area contributed by atoms with E-state index >= 15 is 0 Å². The first kappa shape index (κ1) is 12.6. The standard InChI is InChI=1S/C14H18N2O2/c1-3-13-12(9-10-17)14(18-2)16(15-13)11-7-5-4-6-8-11/h4-8,17H,3,9-10H2,1-2H3. The van der Waals surface area contributed by atoms with Gasteiger partial charge in [0, 0.05) is 18.6 Å². The van der Waals surface area contributed by atoms with Crippen molar-refractivity contribution in [2.75, 3.05) is 13.7 Å². The molecule has 4 heteroatoms. The summed E-state index contributed by atoms with van der Waals surface area (Å²) in [5, 5.41) is 13.7. The fourth-order valence-corrected chi connectivity index (χ4v) is 2.08. The summed E-state index contributed by atoms with van der Waals surface area (Å²) in [5.41, 5.74) is 2.93. The molecule has 0 saturated carbocycles. The van der Waals surface area contributed by atoms with E-state index in [9.17, 15) is 0 Å². The maximum absolute atomic E-state index is 9.15. The van der Waals surface area contributed by atoms with Crippen molar-refractivity contribution in [2.24, 2.45) is 0 Å². The minimum atomic E-state index is 0.101. The number of nitrogens with zero attached hydrogens (tertiary/aromatic N) is 2. The van der Waals surface area contributed by atoms with Crippen LogP contribution in [0.15, 0.2) is 30.3 Å². The molecular formula is C14H18N2O2. The molecule has 1 aromatic heterocycles. The Labute approximate surface area is 107 Å². The minimum Gasteiger partial charge on any atom is -0.481 e. The zero-order valence-corrected chi connectivity index (χ0v) is 10.8. The van der Waals surface area contributed by atoms with Gasteiger partial charge < -0.3 is 9.84 Å². The summed E-state index contributed by atoms with van der Waals surface area (Å²) < 4.78 is 7.25. The van der Waals surface area contributed by atoms with E-state index < -0.39 is 0 Å². The maximum atomic E-state index is 9.15. The van der Waals surface area contributed by atoms with Crippen LogP contribution in [-0.4, -0.2) is 28.6 Å². The van der Waals surface area contributed by atoms with Gasteiger partial charge in [-0.05, 0) is 18.6 Å². The molecule has 0 aliphatic carbocycles. The lowest BCUT2D eigenvalue weighted by molar-refractivity contribution is 0.295. The number of hydrogen-bond donors (Lipinski definition) is 1. The molecule has 0 fully saturated rings. The van der Waals surface area contributed by atoms with Crippen LogP contribution in [0.25, 0.3) is 5.69 Å². The van der Waals surface area contributed by atoms with Crippen molar-refractivity contribution in [3.8, 4) is 11.6 Å². The molecule has 0 bridgehead atoms. The number of aryl methyl sites for hydroxylation is 1. The van der Waals surface area contributed by atoms with Crippen LogP contribution in [0.4, 0.5) is 0 Å². The molecule has 0 aliphatic heterocycles. The minimum absolute atomic E-state index is 0.101. The lowest BCUT2D eigenvalue weighted by Crippen LogP contribution is -2.01. The average Bonchev–Trinajstić information content (AvgIpc) is 2.78. The molecule has 0 radical (unpaired) electrons. The Balaban J connectivity index is 2.54. The predicted molar refractivity (Wildman–Crippen MR) is 70.3 cm³/mol. The van der Waals surface area contributed by atoms with Gasteiger partial charge in [-0.1, -0.05) is 25.1 Å². The molecule has 1 heterocycles. The summed E-state index contributed by atoms with van der Waals surface area (Å²) in [5.74, 6) is 0.715. The second-order valence-electron chi connectivity index (χ2n) is 4.01. The van der Waals surface area contributed by atoms with Gasteiger partial charge in [-0.25, -0.2) is 4.68 Å². The van der Waals surface area contributed by atoms with E-state index in [1.807, 2.05) is 30.3 Å². The number of aromatic nitrogens is 2. The molecule has 0 unspecified atom stereocenters. The van der Waals surface area contributed by atoms with Crippen LogP contribution < -0.4 is 4.74 Å². The molecule has 2 rings (SSSR count). The first-order chi connectivity index (χ1) is 8.81. The van der Waals surface area contributed by atoms with Crippen LogP contribution in [0, 0.1) is 0 Å². The second kappa shape index (κ2) is 5.69. The van der Waals surface area contributed by atoms with Crippen LogP contribution in [0.2, 0.25) is 0 Å². The Hall–Kier alpha value is -1.81. The third-order valence-corrected chi connectivity index (χ3v) is 2.91. The van der Waals surface area contributed by atoms with E-state index in [-0.39, 0.29) is 6.61 Å². The second-order valence-corrected chi connectivity index (χ2v) is 4.01. The van der Waals surface area contributed by atoms with Crippen molar-refractivity contribution in [1.29, 1.82) is 0 Å². The van der Waals surface area contributed by atoms with E-state index in [1.54, 1.807) is 11.8 Å². The van der Waals surface area contributed by atoms with Crippen molar-refractivity contribution in [3.05, 3.63) is 41.6 Å². The van der Waals surface area contributed by atoms with E-state index in [1.165, 1.54) is 0 Å². The molecule has 0 spiro atoms. The van der Waals surface area contributed by atoms with Gasteiger partial charge in [0.25, 0.3) is 0 Å². The summed E-state index contributed by atoms with van der Waals surface area (Å²) in [4.78, 5) is 0. The highest BCUT2D eigenvalue weighted by Crippen LogP contribution is 2.26. The number of ether oxygens (including phenoxy) is 1. The van der Waals surface area contributed by atoms with Crippen LogP contribution in [0.1, 0.15) is 18.2 Å². The average molecular weight is 246 g/mol. The zero-order valence-electron chi connectivity index (χ0n) is 10.8. The van der Waals surface area contributed by atoms with E-state index in [0.717, 1.165) is 23.4 Å². The highest BCUT2D eigenvalue weighted by Gasteiger charge is 2.17. The first-order valence-corrected chi connectivity index (χ1v) is 6.12. The first-order valence-electron chi connectivity index (χ1n) is 6.12. The molecule has 1 aromatic carbocycles. The van der Waals surface area contributed by atoms with Gasteiger partial charge in [-0.2, -0.15) is 5.10 Å². The summed E-state index contributed by atoms with van der Waals surface area (Å²) in [6.45, 7) is 2.15. The maximum Gasteiger partial charge on any atom is 0.220 e.